The lowest BCUT2D eigenvalue weighted by molar-refractivity contribution is -0.128. The van der Waals surface area contributed by atoms with Gasteiger partial charge < -0.3 is 5.73 Å². The molecule has 1 aromatic carbocycles. The number of aliphatic imine (C=N–C) groups is 1. The van der Waals surface area contributed by atoms with Crippen LogP contribution in [0.25, 0.3) is 10.4 Å². The lowest BCUT2D eigenvalue weighted by atomic mass is 9.86. The van der Waals surface area contributed by atoms with Crippen LogP contribution in [-0.4, -0.2) is 23.8 Å². The van der Waals surface area contributed by atoms with Gasteiger partial charge in [0.2, 0.25) is 5.91 Å². The molecule has 1 aliphatic heterocycles. The zero-order valence-corrected chi connectivity index (χ0v) is 13.9. The summed E-state index contributed by atoms with van der Waals surface area (Å²) in [6.07, 6.45) is 0.304. The van der Waals surface area contributed by atoms with Gasteiger partial charge in [-0.25, -0.2) is 4.99 Å². The fourth-order valence-corrected chi connectivity index (χ4v) is 3.59. The molecule has 0 saturated carbocycles. The van der Waals surface area contributed by atoms with Gasteiger partial charge in [0.05, 0.1) is 16.3 Å². The topological polar surface area (TPSA) is 58.7 Å². The SMILES string of the molecule is CN1C(=O)C[C@@](C)(c2cccc(-c3ccc(Cl)s3)c2)N=C1N. The van der Waals surface area contributed by atoms with Crippen LogP contribution >= 0.6 is 22.9 Å². The third kappa shape index (κ3) is 2.62. The number of carbonyl (C=O) groups excluding carboxylic acids is 1. The Balaban J connectivity index is 2.04. The molecule has 2 N–H and O–H groups in total. The molecule has 4 nitrogen and oxygen atoms in total. The quantitative estimate of drug-likeness (QED) is 0.915. The molecule has 0 spiro atoms. The van der Waals surface area contributed by atoms with Crippen molar-refractivity contribution in [2.75, 3.05) is 7.05 Å². The fraction of sp³-hybridized carbons (Fsp3) is 0.250. The van der Waals surface area contributed by atoms with Crippen LogP contribution in [0.4, 0.5) is 0 Å². The summed E-state index contributed by atoms with van der Waals surface area (Å²) in [6, 6.07) is 11.9. The molecule has 1 amide bonds. The predicted molar refractivity (Wildman–Crippen MR) is 91.1 cm³/mol. The Morgan fingerprint density at radius 1 is 1.36 bits per heavy atom. The highest BCUT2D eigenvalue weighted by molar-refractivity contribution is 7.19. The Bertz CT molecular complexity index is 770. The average molecular weight is 334 g/mol. The molecule has 1 atom stereocenters. The maximum absolute atomic E-state index is 12.1. The third-order valence-electron chi connectivity index (χ3n) is 3.92. The first kappa shape index (κ1) is 15.1. The second-order valence-electron chi connectivity index (χ2n) is 5.56. The van der Waals surface area contributed by atoms with E-state index in [-0.39, 0.29) is 11.9 Å². The third-order valence-corrected chi connectivity index (χ3v) is 5.20. The van der Waals surface area contributed by atoms with Crippen molar-refractivity contribution in [2.24, 2.45) is 10.7 Å². The molecule has 0 bridgehead atoms. The van der Waals surface area contributed by atoms with Crippen molar-refractivity contribution < 1.29 is 4.79 Å². The fourth-order valence-electron chi connectivity index (χ4n) is 2.55. The van der Waals surface area contributed by atoms with Crippen LogP contribution < -0.4 is 5.73 Å². The minimum Gasteiger partial charge on any atom is -0.369 e. The molecular formula is C16H16ClN3OS. The molecular weight excluding hydrogens is 318 g/mol. The normalized spacial score (nSPS) is 21.9. The van der Waals surface area contributed by atoms with Gasteiger partial charge >= 0.3 is 0 Å². The highest BCUT2D eigenvalue weighted by Crippen LogP contribution is 2.37. The van der Waals surface area contributed by atoms with Gasteiger partial charge in [0.25, 0.3) is 0 Å². The number of benzene rings is 1. The Morgan fingerprint density at radius 3 is 2.77 bits per heavy atom. The lowest BCUT2D eigenvalue weighted by Crippen LogP contribution is -2.47. The molecule has 3 rings (SSSR count). The number of thiophene rings is 1. The maximum atomic E-state index is 12.1. The van der Waals surface area contributed by atoms with Gasteiger partial charge in [-0.1, -0.05) is 29.8 Å². The number of nitrogens with two attached hydrogens (primary N) is 1. The minimum absolute atomic E-state index is 0.0282. The van der Waals surface area contributed by atoms with E-state index in [4.69, 9.17) is 17.3 Å². The highest BCUT2D eigenvalue weighted by Gasteiger charge is 2.36. The van der Waals surface area contributed by atoms with Crippen LogP contribution in [0.15, 0.2) is 41.4 Å². The summed E-state index contributed by atoms with van der Waals surface area (Å²) < 4.78 is 0.753. The number of rotatable bonds is 2. The molecule has 1 aromatic heterocycles. The van der Waals surface area contributed by atoms with E-state index in [1.165, 1.54) is 16.2 Å². The molecule has 114 valence electrons. The van der Waals surface area contributed by atoms with E-state index in [1.54, 1.807) is 7.05 Å². The van der Waals surface area contributed by atoms with Crippen LogP contribution in [0.2, 0.25) is 4.34 Å². The molecule has 22 heavy (non-hydrogen) atoms. The molecule has 6 heteroatoms. The molecule has 2 aromatic rings. The van der Waals surface area contributed by atoms with Crippen molar-refractivity contribution in [2.45, 2.75) is 18.9 Å². The van der Waals surface area contributed by atoms with Crippen molar-refractivity contribution >= 4 is 34.8 Å². The smallest absolute Gasteiger partial charge is 0.231 e. The first-order chi connectivity index (χ1) is 10.4. The standard InChI is InChI=1S/C16H16ClN3OS/c1-16(9-14(21)20(2)15(18)19-16)11-5-3-4-10(8-11)12-6-7-13(17)22-12/h3-8H,9H2,1-2H3,(H2,18,19)/t16-/m0/s1. The van der Waals surface area contributed by atoms with Crippen LogP contribution in [-0.2, 0) is 10.3 Å². The van der Waals surface area contributed by atoms with E-state index < -0.39 is 5.54 Å². The summed E-state index contributed by atoms with van der Waals surface area (Å²) in [5.74, 6) is 0.225. The average Bonchev–Trinajstić information content (AvgIpc) is 2.91. The summed E-state index contributed by atoms with van der Waals surface area (Å²) in [7, 11) is 1.64. The second kappa shape index (κ2) is 5.41. The molecule has 1 aliphatic rings. The number of halogens is 1. The summed E-state index contributed by atoms with van der Waals surface area (Å²) in [5.41, 5.74) is 7.28. The van der Waals surface area contributed by atoms with E-state index in [0.29, 0.717) is 6.42 Å². The molecule has 0 radical (unpaired) electrons. The van der Waals surface area contributed by atoms with Gasteiger partial charge in [-0.2, -0.15) is 0 Å². The summed E-state index contributed by atoms with van der Waals surface area (Å²) in [4.78, 5) is 19.1. The van der Waals surface area contributed by atoms with Crippen LogP contribution in [0, 0.1) is 0 Å². The van der Waals surface area contributed by atoms with Crippen LogP contribution in [0.3, 0.4) is 0 Å². The number of hydrogen-bond acceptors (Lipinski definition) is 4. The summed E-state index contributed by atoms with van der Waals surface area (Å²) in [6.45, 7) is 1.94. The monoisotopic (exact) mass is 333 g/mol. The molecule has 0 saturated heterocycles. The number of nitrogens with zero attached hydrogens (tertiary/aromatic N) is 2. The van der Waals surface area contributed by atoms with E-state index in [1.807, 2.05) is 37.3 Å². The van der Waals surface area contributed by atoms with Gasteiger partial charge in [0, 0.05) is 11.9 Å². The van der Waals surface area contributed by atoms with Gasteiger partial charge in [-0.15, -0.1) is 11.3 Å². The Morgan fingerprint density at radius 2 is 2.14 bits per heavy atom. The molecule has 0 unspecified atom stereocenters. The molecule has 0 aliphatic carbocycles. The van der Waals surface area contributed by atoms with Gasteiger partial charge in [0.1, 0.15) is 0 Å². The minimum atomic E-state index is -0.634. The number of carbonyl (C=O) groups is 1. The summed E-state index contributed by atoms with van der Waals surface area (Å²) >= 11 is 7.54. The Labute approximate surface area is 138 Å². The Kier molecular flexibility index (Phi) is 3.70. The van der Waals surface area contributed by atoms with E-state index in [9.17, 15) is 4.79 Å². The van der Waals surface area contributed by atoms with Crippen molar-refractivity contribution in [3.8, 4) is 10.4 Å². The van der Waals surface area contributed by atoms with Gasteiger partial charge in [-0.3, -0.25) is 9.69 Å². The van der Waals surface area contributed by atoms with Crippen molar-refractivity contribution in [1.29, 1.82) is 0 Å². The predicted octanol–water partition coefficient (Wildman–Crippen LogP) is 3.46. The van der Waals surface area contributed by atoms with Crippen LogP contribution in [0.1, 0.15) is 18.9 Å². The van der Waals surface area contributed by atoms with Crippen molar-refractivity contribution in [3.05, 3.63) is 46.3 Å². The zero-order chi connectivity index (χ0) is 15.9. The number of amides is 1. The highest BCUT2D eigenvalue weighted by atomic mass is 35.5. The largest absolute Gasteiger partial charge is 0.369 e. The second-order valence-corrected chi connectivity index (χ2v) is 7.27. The summed E-state index contributed by atoms with van der Waals surface area (Å²) in [5, 5.41) is 0. The molecule has 2 heterocycles. The zero-order valence-electron chi connectivity index (χ0n) is 12.3. The van der Waals surface area contributed by atoms with Crippen molar-refractivity contribution in [3.63, 3.8) is 0 Å². The van der Waals surface area contributed by atoms with Gasteiger partial charge in [-0.05, 0) is 36.2 Å². The lowest BCUT2D eigenvalue weighted by Gasteiger charge is -2.33. The maximum Gasteiger partial charge on any atom is 0.231 e. The first-order valence-corrected chi connectivity index (χ1v) is 8.07. The van der Waals surface area contributed by atoms with E-state index in [2.05, 4.69) is 11.1 Å². The number of hydrogen-bond donors (Lipinski definition) is 1. The van der Waals surface area contributed by atoms with Crippen molar-refractivity contribution in [1.82, 2.24) is 4.90 Å². The number of guanidine groups is 1. The van der Waals surface area contributed by atoms with Crippen LogP contribution in [0.5, 0.6) is 0 Å². The Hall–Kier alpha value is -1.85. The van der Waals surface area contributed by atoms with E-state index >= 15 is 0 Å². The van der Waals surface area contributed by atoms with E-state index in [0.717, 1.165) is 20.3 Å². The molecule has 0 fully saturated rings. The van der Waals surface area contributed by atoms with Gasteiger partial charge in [0.15, 0.2) is 5.96 Å². The first-order valence-electron chi connectivity index (χ1n) is 6.87.